The molecule has 0 aliphatic carbocycles. The van der Waals surface area contributed by atoms with Crippen molar-refractivity contribution in [2.75, 3.05) is 19.0 Å². The van der Waals surface area contributed by atoms with Crippen LogP contribution in [0.2, 0.25) is 0 Å². The topological polar surface area (TPSA) is 45.8 Å². The van der Waals surface area contributed by atoms with E-state index in [2.05, 4.69) is 20.2 Å². The molecule has 0 radical (unpaired) electrons. The standard InChI is InChI=1S/C17H17N5/c1-21(2)16-8-4-14(5-9-16)19-20-15-6-10-17(11-7-15)22-13-3-12-18-22/h3-13H,1-2H3. The van der Waals surface area contributed by atoms with Gasteiger partial charge in [0.2, 0.25) is 0 Å². The Morgan fingerprint density at radius 2 is 1.45 bits per heavy atom. The van der Waals surface area contributed by atoms with Crippen LogP contribution in [-0.2, 0) is 0 Å². The fourth-order valence-electron chi connectivity index (χ4n) is 2.03. The van der Waals surface area contributed by atoms with Gasteiger partial charge in [-0.15, -0.1) is 0 Å². The van der Waals surface area contributed by atoms with Gasteiger partial charge in [0.1, 0.15) is 0 Å². The SMILES string of the molecule is CN(C)c1ccc(N=Nc2ccc(-n3cccn3)cc2)cc1. The minimum Gasteiger partial charge on any atom is -0.378 e. The molecule has 3 aromatic rings. The lowest BCUT2D eigenvalue weighted by Crippen LogP contribution is -2.07. The third-order valence-corrected chi connectivity index (χ3v) is 3.27. The number of hydrogen-bond acceptors (Lipinski definition) is 4. The zero-order valence-corrected chi connectivity index (χ0v) is 12.6. The largest absolute Gasteiger partial charge is 0.378 e. The van der Waals surface area contributed by atoms with Crippen molar-refractivity contribution in [1.29, 1.82) is 0 Å². The minimum absolute atomic E-state index is 0.813. The van der Waals surface area contributed by atoms with Crippen LogP contribution < -0.4 is 4.90 Å². The van der Waals surface area contributed by atoms with Gasteiger partial charge in [-0.2, -0.15) is 15.3 Å². The second-order valence-electron chi connectivity index (χ2n) is 5.08. The summed E-state index contributed by atoms with van der Waals surface area (Å²) in [7, 11) is 4.02. The Balaban J connectivity index is 1.72. The molecule has 0 saturated heterocycles. The van der Waals surface area contributed by atoms with Crippen LogP contribution >= 0.6 is 0 Å². The second kappa shape index (κ2) is 6.22. The number of hydrogen-bond donors (Lipinski definition) is 0. The lowest BCUT2D eigenvalue weighted by molar-refractivity contribution is 0.880. The fourth-order valence-corrected chi connectivity index (χ4v) is 2.03. The molecule has 0 aliphatic rings. The van der Waals surface area contributed by atoms with Crippen LogP contribution in [0.1, 0.15) is 0 Å². The van der Waals surface area contributed by atoms with Crippen molar-refractivity contribution < 1.29 is 0 Å². The van der Waals surface area contributed by atoms with Gasteiger partial charge in [0.25, 0.3) is 0 Å². The molecule has 0 fully saturated rings. The third-order valence-electron chi connectivity index (χ3n) is 3.27. The predicted molar refractivity (Wildman–Crippen MR) is 88.5 cm³/mol. The van der Waals surface area contributed by atoms with Gasteiger partial charge >= 0.3 is 0 Å². The average molecular weight is 291 g/mol. The first-order valence-corrected chi connectivity index (χ1v) is 7.01. The summed E-state index contributed by atoms with van der Waals surface area (Å²) in [6.45, 7) is 0. The van der Waals surface area contributed by atoms with E-state index in [1.807, 2.05) is 74.9 Å². The van der Waals surface area contributed by atoms with E-state index in [0.717, 1.165) is 22.7 Å². The third kappa shape index (κ3) is 3.20. The van der Waals surface area contributed by atoms with Crippen LogP contribution in [0.4, 0.5) is 17.1 Å². The monoisotopic (exact) mass is 291 g/mol. The van der Waals surface area contributed by atoms with Gasteiger partial charge < -0.3 is 4.90 Å². The maximum atomic E-state index is 4.26. The highest BCUT2D eigenvalue weighted by Crippen LogP contribution is 2.22. The first-order valence-electron chi connectivity index (χ1n) is 7.01. The highest BCUT2D eigenvalue weighted by atomic mass is 15.3. The van der Waals surface area contributed by atoms with E-state index in [0.29, 0.717) is 0 Å². The number of anilines is 1. The first kappa shape index (κ1) is 14.0. The molecule has 0 amide bonds. The van der Waals surface area contributed by atoms with Crippen LogP contribution in [0.3, 0.4) is 0 Å². The zero-order chi connectivity index (χ0) is 15.4. The smallest absolute Gasteiger partial charge is 0.0858 e. The maximum Gasteiger partial charge on any atom is 0.0858 e. The number of nitrogens with zero attached hydrogens (tertiary/aromatic N) is 5. The van der Waals surface area contributed by atoms with Crippen molar-refractivity contribution in [1.82, 2.24) is 9.78 Å². The summed E-state index contributed by atoms with van der Waals surface area (Å²) in [6, 6.07) is 17.6. The highest BCUT2D eigenvalue weighted by molar-refractivity contribution is 5.52. The van der Waals surface area contributed by atoms with Crippen molar-refractivity contribution in [3.05, 3.63) is 67.0 Å². The summed E-state index contributed by atoms with van der Waals surface area (Å²) < 4.78 is 1.81. The van der Waals surface area contributed by atoms with Crippen LogP contribution in [-0.4, -0.2) is 23.9 Å². The molecule has 0 aliphatic heterocycles. The quantitative estimate of drug-likeness (QED) is 0.671. The highest BCUT2D eigenvalue weighted by Gasteiger charge is 1.97. The Bertz CT molecular complexity index is 741. The van der Waals surface area contributed by atoms with E-state index in [4.69, 9.17) is 0 Å². The molecule has 1 heterocycles. The van der Waals surface area contributed by atoms with Crippen LogP contribution in [0.25, 0.3) is 5.69 Å². The number of azo groups is 1. The lowest BCUT2D eigenvalue weighted by atomic mass is 10.3. The van der Waals surface area contributed by atoms with Crippen molar-refractivity contribution in [2.45, 2.75) is 0 Å². The number of aromatic nitrogens is 2. The molecule has 22 heavy (non-hydrogen) atoms. The Labute approximate surface area is 129 Å². The van der Waals surface area contributed by atoms with Crippen molar-refractivity contribution >= 4 is 17.1 Å². The normalized spacial score (nSPS) is 11.0. The van der Waals surface area contributed by atoms with Gasteiger partial charge in [0.05, 0.1) is 17.1 Å². The molecule has 5 nitrogen and oxygen atoms in total. The maximum absolute atomic E-state index is 4.26. The molecule has 2 aromatic carbocycles. The summed E-state index contributed by atoms with van der Waals surface area (Å²) in [5, 5.41) is 12.7. The predicted octanol–water partition coefficient (Wildman–Crippen LogP) is 4.35. The molecule has 1 aromatic heterocycles. The lowest BCUT2D eigenvalue weighted by Gasteiger charge is -2.11. The first-order chi connectivity index (χ1) is 10.7. The van der Waals surface area contributed by atoms with Crippen molar-refractivity contribution in [3.63, 3.8) is 0 Å². The molecule has 3 rings (SSSR count). The van der Waals surface area contributed by atoms with E-state index >= 15 is 0 Å². The number of benzene rings is 2. The molecule has 0 atom stereocenters. The molecule has 0 N–H and O–H groups in total. The van der Waals surface area contributed by atoms with Gasteiger partial charge in [0.15, 0.2) is 0 Å². The van der Waals surface area contributed by atoms with Gasteiger partial charge in [-0.25, -0.2) is 4.68 Å². The Morgan fingerprint density at radius 3 is 1.95 bits per heavy atom. The fraction of sp³-hybridized carbons (Fsp3) is 0.118. The molecular formula is C17H17N5. The van der Waals surface area contributed by atoms with E-state index in [1.54, 1.807) is 10.9 Å². The number of rotatable bonds is 4. The zero-order valence-electron chi connectivity index (χ0n) is 12.6. The Hall–Kier alpha value is -2.95. The Kier molecular flexibility index (Phi) is 3.96. The molecule has 0 spiro atoms. The summed E-state index contributed by atoms with van der Waals surface area (Å²) >= 11 is 0. The average Bonchev–Trinajstić information content (AvgIpc) is 3.08. The van der Waals surface area contributed by atoms with Crippen LogP contribution in [0, 0.1) is 0 Å². The van der Waals surface area contributed by atoms with E-state index in [9.17, 15) is 0 Å². The summed E-state index contributed by atoms with van der Waals surface area (Å²) in [6.07, 6.45) is 3.66. The molecule has 110 valence electrons. The minimum atomic E-state index is 0.813. The summed E-state index contributed by atoms with van der Waals surface area (Å²) in [5.41, 5.74) is 3.79. The van der Waals surface area contributed by atoms with Crippen molar-refractivity contribution in [2.24, 2.45) is 10.2 Å². The molecule has 0 bridgehead atoms. The van der Waals surface area contributed by atoms with E-state index in [-0.39, 0.29) is 0 Å². The summed E-state index contributed by atoms with van der Waals surface area (Å²) in [4.78, 5) is 2.05. The van der Waals surface area contributed by atoms with E-state index in [1.165, 1.54) is 0 Å². The van der Waals surface area contributed by atoms with Gasteiger partial charge in [-0.3, -0.25) is 0 Å². The van der Waals surface area contributed by atoms with Gasteiger partial charge in [-0.05, 0) is 54.6 Å². The van der Waals surface area contributed by atoms with Crippen LogP contribution in [0.15, 0.2) is 77.2 Å². The Morgan fingerprint density at radius 1 is 0.864 bits per heavy atom. The molecule has 0 saturated carbocycles. The second-order valence-corrected chi connectivity index (χ2v) is 5.08. The van der Waals surface area contributed by atoms with Crippen molar-refractivity contribution in [3.8, 4) is 5.69 Å². The van der Waals surface area contributed by atoms with Gasteiger partial charge in [0, 0.05) is 32.2 Å². The molecule has 0 unspecified atom stereocenters. The van der Waals surface area contributed by atoms with Crippen LogP contribution in [0.5, 0.6) is 0 Å². The van der Waals surface area contributed by atoms with Gasteiger partial charge in [-0.1, -0.05) is 0 Å². The molecule has 5 heteroatoms. The molecular weight excluding hydrogens is 274 g/mol. The summed E-state index contributed by atoms with van der Waals surface area (Å²) in [5.74, 6) is 0. The van der Waals surface area contributed by atoms with E-state index < -0.39 is 0 Å².